The number of halogens is 1. The van der Waals surface area contributed by atoms with E-state index >= 15 is 0 Å². The van der Waals surface area contributed by atoms with E-state index in [0.29, 0.717) is 5.56 Å². The lowest BCUT2D eigenvalue weighted by atomic mass is 10.2. The summed E-state index contributed by atoms with van der Waals surface area (Å²) in [5.41, 5.74) is 2.20. The highest BCUT2D eigenvalue weighted by Gasteiger charge is 2.10. The predicted molar refractivity (Wildman–Crippen MR) is 68.4 cm³/mol. The fourth-order valence-corrected chi connectivity index (χ4v) is 1.68. The molecule has 0 aliphatic rings. The highest BCUT2D eigenvalue weighted by molar-refractivity contribution is 6.33. The Balaban J connectivity index is 2.20. The maximum absolute atomic E-state index is 11.9. The molecule has 1 amide bonds. The second kappa shape index (κ2) is 4.97. The van der Waals surface area contributed by atoms with Gasteiger partial charge < -0.3 is 5.32 Å². The van der Waals surface area contributed by atoms with Crippen LogP contribution in [-0.2, 0) is 0 Å². The molecule has 0 fully saturated rings. The molecule has 1 N–H and O–H groups in total. The third-order valence-corrected chi connectivity index (χ3v) is 2.58. The quantitative estimate of drug-likeness (QED) is 0.826. The van der Waals surface area contributed by atoms with Crippen molar-refractivity contribution in [3.63, 3.8) is 0 Å². The number of aryl methyl sites for hydroxylation is 1. The molecule has 4 heteroatoms. The first kappa shape index (κ1) is 11.6. The Bertz CT molecular complexity index is 555. The Morgan fingerprint density at radius 3 is 2.82 bits per heavy atom. The van der Waals surface area contributed by atoms with E-state index < -0.39 is 0 Å². The van der Waals surface area contributed by atoms with Crippen LogP contribution in [0.2, 0.25) is 5.15 Å². The Labute approximate surface area is 104 Å². The molecule has 0 bridgehead atoms. The van der Waals surface area contributed by atoms with Crippen LogP contribution in [-0.4, -0.2) is 10.9 Å². The average molecular weight is 247 g/mol. The number of hydrogen-bond acceptors (Lipinski definition) is 2. The monoisotopic (exact) mass is 246 g/mol. The summed E-state index contributed by atoms with van der Waals surface area (Å²) in [6.07, 6.45) is 1.55. The number of aromatic nitrogens is 1. The third kappa shape index (κ3) is 2.82. The zero-order valence-electron chi connectivity index (χ0n) is 9.27. The van der Waals surface area contributed by atoms with Crippen LogP contribution in [0.4, 0.5) is 5.69 Å². The van der Waals surface area contributed by atoms with Crippen molar-refractivity contribution in [2.45, 2.75) is 6.92 Å². The second-order valence-electron chi connectivity index (χ2n) is 3.67. The molecule has 0 saturated heterocycles. The van der Waals surface area contributed by atoms with Crippen LogP contribution >= 0.6 is 11.6 Å². The molecular weight excluding hydrogens is 236 g/mol. The minimum atomic E-state index is -0.256. The van der Waals surface area contributed by atoms with Crippen molar-refractivity contribution in [3.05, 3.63) is 58.9 Å². The van der Waals surface area contributed by atoms with E-state index in [2.05, 4.69) is 10.3 Å². The van der Waals surface area contributed by atoms with Gasteiger partial charge in [0, 0.05) is 11.9 Å². The number of nitrogens with one attached hydrogen (secondary N) is 1. The molecule has 2 aromatic rings. The Kier molecular flexibility index (Phi) is 3.40. The van der Waals surface area contributed by atoms with Crippen molar-refractivity contribution in [3.8, 4) is 0 Å². The summed E-state index contributed by atoms with van der Waals surface area (Å²) in [6.45, 7) is 1.96. The summed E-state index contributed by atoms with van der Waals surface area (Å²) in [4.78, 5) is 15.8. The van der Waals surface area contributed by atoms with Gasteiger partial charge in [0.15, 0.2) is 0 Å². The predicted octanol–water partition coefficient (Wildman–Crippen LogP) is 3.30. The van der Waals surface area contributed by atoms with E-state index in [1.165, 1.54) is 0 Å². The van der Waals surface area contributed by atoms with Gasteiger partial charge in [0.2, 0.25) is 0 Å². The van der Waals surface area contributed by atoms with Crippen molar-refractivity contribution < 1.29 is 4.79 Å². The second-order valence-corrected chi connectivity index (χ2v) is 4.02. The maximum atomic E-state index is 11.9. The minimum Gasteiger partial charge on any atom is -0.322 e. The van der Waals surface area contributed by atoms with E-state index in [1.54, 1.807) is 18.3 Å². The number of carbonyl (C=O) groups excluding carboxylic acids is 1. The number of amides is 1. The minimum absolute atomic E-state index is 0.206. The smallest absolute Gasteiger partial charge is 0.258 e. The topological polar surface area (TPSA) is 42.0 Å². The van der Waals surface area contributed by atoms with Gasteiger partial charge in [0.25, 0.3) is 5.91 Å². The van der Waals surface area contributed by atoms with Crippen LogP contribution in [0.15, 0.2) is 42.6 Å². The normalized spacial score (nSPS) is 10.0. The largest absolute Gasteiger partial charge is 0.322 e. The third-order valence-electron chi connectivity index (χ3n) is 2.28. The Morgan fingerprint density at radius 1 is 1.29 bits per heavy atom. The molecule has 0 aliphatic heterocycles. The highest BCUT2D eigenvalue weighted by atomic mass is 35.5. The molecule has 0 saturated carbocycles. The van der Waals surface area contributed by atoms with E-state index in [1.807, 2.05) is 31.2 Å². The zero-order valence-corrected chi connectivity index (χ0v) is 10.0. The lowest BCUT2D eigenvalue weighted by Crippen LogP contribution is -2.12. The number of nitrogens with zero attached hydrogens (tertiary/aromatic N) is 1. The first-order chi connectivity index (χ1) is 8.16. The average Bonchev–Trinajstić information content (AvgIpc) is 2.29. The van der Waals surface area contributed by atoms with E-state index in [-0.39, 0.29) is 11.1 Å². The summed E-state index contributed by atoms with van der Waals surface area (Å²) in [5.74, 6) is -0.256. The van der Waals surface area contributed by atoms with E-state index in [9.17, 15) is 4.79 Å². The molecule has 86 valence electrons. The molecule has 1 aromatic heterocycles. The molecule has 17 heavy (non-hydrogen) atoms. The molecule has 0 atom stereocenters. The fraction of sp³-hybridized carbons (Fsp3) is 0.0769. The van der Waals surface area contributed by atoms with E-state index in [0.717, 1.165) is 11.3 Å². The fourth-order valence-electron chi connectivity index (χ4n) is 1.48. The summed E-state index contributed by atoms with van der Waals surface area (Å²) in [6, 6.07) is 10.9. The summed E-state index contributed by atoms with van der Waals surface area (Å²) < 4.78 is 0. The molecule has 0 aliphatic carbocycles. The zero-order chi connectivity index (χ0) is 12.3. The lowest BCUT2D eigenvalue weighted by molar-refractivity contribution is 0.102. The van der Waals surface area contributed by atoms with Crippen molar-refractivity contribution in [1.29, 1.82) is 0 Å². The van der Waals surface area contributed by atoms with Crippen LogP contribution in [0.3, 0.4) is 0 Å². The lowest BCUT2D eigenvalue weighted by Gasteiger charge is -2.06. The van der Waals surface area contributed by atoms with Crippen LogP contribution in [0.5, 0.6) is 0 Å². The first-order valence-electron chi connectivity index (χ1n) is 5.15. The highest BCUT2D eigenvalue weighted by Crippen LogP contribution is 2.15. The number of carbonyl (C=O) groups is 1. The van der Waals surface area contributed by atoms with Crippen LogP contribution < -0.4 is 5.32 Å². The Morgan fingerprint density at radius 2 is 2.12 bits per heavy atom. The van der Waals surface area contributed by atoms with Gasteiger partial charge in [-0.2, -0.15) is 0 Å². The Hall–Kier alpha value is -1.87. The summed E-state index contributed by atoms with van der Waals surface area (Å²) >= 11 is 5.84. The van der Waals surface area contributed by atoms with Gasteiger partial charge in [0.1, 0.15) is 5.15 Å². The molecule has 1 heterocycles. The molecule has 0 spiro atoms. The van der Waals surface area contributed by atoms with Crippen molar-refractivity contribution in [2.24, 2.45) is 0 Å². The van der Waals surface area contributed by atoms with Gasteiger partial charge in [-0.15, -0.1) is 0 Å². The van der Waals surface area contributed by atoms with Crippen molar-refractivity contribution in [1.82, 2.24) is 4.98 Å². The van der Waals surface area contributed by atoms with Gasteiger partial charge in [-0.05, 0) is 36.8 Å². The standard InChI is InChI=1S/C13H11ClN2O/c1-9-4-2-5-10(8-9)16-13(17)11-6-3-7-15-12(11)14/h2-8H,1H3,(H,16,17). The van der Waals surface area contributed by atoms with Gasteiger partial charge >= 0.3 is 0 Å². The molecular formula is C13H11ClN2O. The number of rotatable bonds is 2. The summed E-state index contributed by atoms with van der Waals surface area (Å²) in [5, 5.41) is 2.98. The SMILES string of the molecule is Cc1cccc(NC(=O)c2cccnc2Cl)c1. The van der Waals surface area contributed by atoms with Gasteiger partial charge in [0.05, 0.1) is 5.56 Å². The van der Waals surface area contributed by atoms with Crippen LogP contribution in [0, 0.1) is 6.92 Å². The van der Waals surface area contributed by atoms with Gasteiger partial charge in [-0.25, -0.2) is 4.98 Å². The molecule has 2 rings (SSSR count). The molecule has 3 nitrogen and oxygen atoms in total. The molecule has 0 radical (unpaired) electrons. The maximum Gasteiger partial charge on any atom is 0.258 e. The van der Waals surface area contributed by atoms with Gasteiger partial charge in [-0.3, -0.25) is 4.79 Å². The number of pyridine rings is 1. The van der Waals surface area contributed by atoms with Crippen LogP contribution in [0.1, 0.15) is 15.9 Å². The number of anilines is 1. The number of hydrogen-bond donors (Lipinski definition) is 1. The van der Waals surface area contributed by atoms with Crippen molar-refractivity contribution >= 4 is 23.2 Å². The van der Waals surface area contributed by atoms with E-state index in [4.69, 9.17) is 11.6 Å². The first-order valence-corrected chi connectivity index (χ1v) is 5.53. The molecule has 1 aromatic carbocycles. The van der Waals surface area contributed by atoms with Crippen LogP contribution in [0.25, 0.3) is 0 Å². The van der Waals surface area contributed by atoms with Gasteiger partial charge in [-0.1, -0.05) is 23.7 Å². The number of benzene rings is 1. The van der Waals surface area contributed by atoms with Crippen molar-refractivity contribution in [2.75, 3.05) is 5.32 Å². The summed E-state index contributed by atoms with van der Waals surface area (Å²) in [7, 11) is 0. The molecule has 0 unspecified atom stereocenters.